The van der Waals surface area contributed by atoms with Crippen molar-refractivity contribution < 1.29 is 14.4 Å². The lowest BCUT2D eigenvalue weighted by molar-refractivity contribution is -0.148. The molecule has 4 rings (SSSR count). The second kappa shape index (κ2) is 6.32. The molecule has 140 valence electrons. The van der Waals surface area contributed by atoms with E-state index in [2.05, 4.69) is 13.8 Å². The van der Waals surface area contributed by atoms with Gasteiger partial charge in [-0.15, -0.1) is 0 Å². The van der Waals surface area contributed by atoms with Crippen LogP contribution in [0.25, 0.3) is 11.1 Å². The van der Waals surface area contributed by atoms with Crippen LogP contribution in [-0.4, -0.2) is 29.2 Å². The Morgan fingerprint density at radius 1 is 1.19 bits per heavy atom. The number of anilines is 1. The van der Waals surface area contributed by atoms with Crippen LogP contribution in [-0.2, 0) is 19.9 Å². The molecule has 1 saturated heterocycles. The standard InChI is InChI=1S/C19H18N2O3S3/c1-10-5-4-6-11-15-17(26-27-18(15)25)19(2,3)20(16(10)11)9-14(24)21-12(22)7-8-13(21)23/h4-6H,7-9H2,1-3H3. The van der Waals surface area contributed by atoms with Crippen LogP contribution < -0.4 is 4.90 Å². The molecule has 0 spiro atoms. The zero-order valence-corrected chi connectivity index (χ0v) is 17.6. The van der Waals surface area contributed by atoms with Gasteiger partial charge in [0.15, 0.2) is 0 Å². The summed E-state index contributed by atoms with van der Waals surface area (Å²) in [4.78, 5) is 40.8. The van der Waals surface area contributed by atoms with Gasteiger partial charge in [0.2, 0.25) is 11.8 Å². The van der Waals surface area contributed by atoms with Gasteiger partial charge in [0, 0.05) is 29.7 Å². The van der Waals surface area contributed by atoms with Gasteiger partial charge >= 0.3 is 0 Å². The smallest absolute Gasteiger partial charge is 0.255 e. The highest BCUT2D eigenvalue weighted by molar-refractivity contribution is 7.80. The van der Waals surface area contributed by atoms with Crippen molar-refractivity contribution in [3.05, 3.63) is 32.5 Å². The van der Waals surface area contributed by atoms with Gasteiger partial charge < -0.3 is 4.90 Å². The van der Waals surface area contributed by atoms with Crippen molar-refractivity contribution in [2.45, 2.75) is 39.2 Å². The summed E-state index contributed by atoms with van der Waals surface area (Å²) in [6.45, 7) is 6.08. The number of rotatable bonds is 2. The molecule has 1 aromatic carbocycles. The lowest BCUT2D eigenvalue weighted by atomic mass is 9.86. The van der Waals surface area contributed by atoms with Gasteiger partial charge in [0.1, 0.15) is 3.82 Å². The summed E-state index contributed by atoms with van der Waals surface area (Å²) in [6, 6.07) is 6.01. The molecule has 1 aromatic heterocycles. The molecule has 0 saturated carbocycles. The number of benzene rings is 1. The second-order valence-electron chi connectivity index (χ2n) is 7.29. The third kappa shape index (κ3) is 2.69. The number of imide groups is 3. The summed E-state index contributed by atoms with van der Waals surface area (Å²) in [6.07, 6.45) is 0.222. The number of aryl methyl sites for hydroxylation is 1. The van der Waals surface area contributed by atoms with Crippen LogP contribution in [0.1, 0.15) is 37.1 Å². The Morgan fingerprint density at radius 3 is 2.52 bits per heavy atom. The lowest BCUT2D eigenvalue weighted by Gasteiger charge is -2.45. The Morgan fingerprint density at radius 2 is 1.85 bits per heavy atom. The van der Waals surface area contributed by atoms with E-state index < -0.39 is 23.3 Å². The number of hydrogen-bond donors (Lipinski definition) is 0. The third-order valence-electron chi connectivity index (χ3n) is 5.23. The molecule has 2 aromatic rings. The van der Waals surface area contributed by atoms with Crippen LogP contribution in [0, 0.1) is 10.7 Å². The van der Waals surface area contributed by atoms with Crippen LogP contribution in [0.4, 0.5) is 5.69 Å². The zero-order chi connectivity index (χ0) is 19.5. The molecule has 3 heterocycles. The molecule has 5 nitrogen and oxygen atoms in total. The summed E-state index contributed by atoms with van der Waals surface area (Å²) < 4.78 is 0.853. The molecule has 0 aliphatic carbocycles. The summed E-state index contributed by atoms with van der Waals surface area (Å²) in [5.41, 5.74) is 3.58. The minimum atomic E-state index is -0.478. The Bertz CT molecular complexity index is 1030. The molecule has 0 bridgehead atoms. The summed E-state index contributed by atoms with van der Waals surface area (Å²) >= 11 is 5.58. The minimum Gasteiger partial charge on any atom is -0.351 e. The van der Waals surface area contributed by atoms with Crippen molar-refractivity contribution in [2.75, 3.05) is 11.4 Å². The number of likely N-dealkylation sites (tertiary alicyclic amines) is 1. The summed E-state index contributed by atoms with van der Waals surface area (Å²) in [7, 11) is 3.19. The maximum absolute atomic E-state index is 12.9. The molecule has 27 heavy (non-hydrogen) atoms. The molecule has 0 N–H and O–H groups in total. The largest absolute Gasteiger partial charge is 0.351 e. The van der Waals surface area contributed by atoms with Gasteiger partial charge in [0.05, 0.1) is 17.0 Å². The van der Waals surface area contributed by atoms with Gasteiger partial charge in [-0.3, -0.25) is 14.4 Å². The monoisotopic (exact) mass is 418 g/mol. The fraction of sp³-hybridized carbons (Fsp3) is 0.368. The third-order valence-corrected chi connectivity index (χ3v) is 8.56. The van der Waals surface area contributed by atoms with E-state index in [-0.39, 0.29) is 19.4 Å². The predicted octanol–water partition coefficient (Wildman–Crippen LogP) is 4.25. The van der Waals surface area contributed by atoms with E-state index in [9.17, 15) is 14.4 Å². The van der Waals surface area contributed by atoms with Crippen molar-refractivity contribution >= 4 is 56.3 Å². The Kier molecular flexibility index (Phi) is 4.32. The first kappa shape index (κ1) is 18.5. The van der Waals surface area contributed by atoms with Crippen molar-refractivity contribution in [3.8, 4) is 11.1 Å². The van der Waals surface area contributed by atoms with Crippen LogP contribution >= 0.6 is 32.9 Å². The highest BCUT2D eigenvalue weighted by Crippen LogP contribution is 2.52. The predicted molar refractivity (Wildman–Crippen MR) is 110 cm³/mol. The number of fused-ring (bicyclic) bond motifs is 3. The number of para-hydroxylation sites is 1. The second-order valence-corrected chi connectivity index (χ2v) is 10.1. The molecule has 2 aliphatic rings. The molecule has 2 aliphatic heterocycles. The van der Waals surface area contributed by atoms with E-state index >= 15 is 0 Å². The molecule has 1 fully saturated rings. The highest BCUT2D eigenvalue weighted by Gasteiger charge is 2.43. The SMILES string of the molecule is Cc1cccc2c1N(CC(=O)N1C(=O)CCC1=O)C(C)(C)c1ssc(=S)c1-2. The Hall–Kier alpha value is -1.90. The average Bonchev–Trinajstić information content (AvgIpc) is 3.15. The summed E-state index contributed by atoms with van der Waals surface area (Å²) in [5.74, 6) is -1.28. The molecule has 0 radical (unpaired) electrons. The van der Waals surface area contributed by atoms with Gasteiger partial charge in [-0.2, -0.15) is 0 Å². The molecule has 0 unspecified atom stereocenters. The number of carbonyl (C=O) groups is 3. The van der Waals surface area contributed by atoms with Gasteiger partial charge in [-0.1, -0.05) is 51.1 Å². The number of nitrogens with zero attached hydrogens (tertiary/aromatic N) is 2. The molecular formula is C19H18N2O3S3. The first-order chi connectivity index (χ1) is 12.7. The maximum Gasteiger partial charge on any atom is 0.255 e. The normalized spacial score (nSPS) is 17.9. The van der Waals surface area contributed by atoms with E-state index in [1.54, 1.807) is 20.7 Å². The van der Waals surface area contributed by atoms with E-state index in [0.717, 1.165) is 36.0 Å². The summed E-state index contributed by atoms with van der Waals surface area (Å²) in [5, 5.41) is 0. The van der Waals surface area contributed by atoms with E-state index in [1.807, 2.05) is 30.0 Å². The van der Waals surface area contributed by atoms with Crippen LogP contribution in [0.15, 0.2) is 18.2 Å². The van der Waals surface area contributed by atoms with Gasteiger partial charge in [-0.05, 0) is 26.3 Å². The van der Waals surface area contributed by atoms with Gasteiger partial charge in [0.25, 0.3) is 5.91 Å². The molecular weight excluding hydrogens is 400 g/mol. The molecule has 3 amide bonds. The number of carbonyl (C=O) groups excluding carboxylic acids is 3. The quantitative estimate of drug-likeness (QED) is 0.415. The molecule has 0 atom stereocenters. The van der Waals surface area contributed by atoms with Crippen LogP contribution in [0.3, 0.4) is 0 Å². The van der Waals surface area contributed by atoms with E-state index in [4.69, 9.17) is 12.2 Å². The Labute approximate surface area is 169 Å². The topological polar surface area (TPSA) is 57.7 Å². The maximum atomic E-state index is 12.9. The number of hydrogen-bond acceptors (Lipinski definition) is 7. The van der Waals surface area contributed by atoms with Gasteiger partial charge in [-0.25, -0.2) is 4.90 Å². The molecule has 8 heteroatoms. The van der Waals surface area contributed by atoms with Crippen molar-refractivity contribution in [1.82, 2.24) is 4.90 Å². The fourth-order valence-electron chi connectivity index (χ4n) is 3.85. The Balaban J connectivity index is 1.84. The lowest BCUT2D eigenvalue weighted by Crippen LogP contribution is -2.51. The zero-order valence-electron chi connectivity index (χ0n) is 15.2. The van der Waals surface area contributed by atoms with Crippen LogP contribution in [0.2, 0.25) is 0 Å². The van der Waals surface area contributed by atoms with E-state index in [1.165, 1.54) is 0 Å². The van der Waals surface area contributed by atoms with Crippen molar-refractivity contribution in [2.24, 2.45) is 0 Å². The van der Waals surface area contributed by atoms with Crippen molar-refractivity contribution in [1.29, 1.82) is 0 Å². The first-order valence-corrected chi connectivity index (χ1v) is 11.2. The fourth-order valence-corrected chi connectivity index (χ4v) is 7.15. The number of amides is 3. The first-order valence-electron chi connectivity index (χ1n) is 8.63. The van der Waals surface area contributed by atoms with Crippen LogP contribution in [0.5, 0.6) is 0 Å². The minimum absolute atomic E-state index is 0.0307. The van der Waals surface area contributed by atoms with E-state index in [0.29, 0.717) is 0 Å². The van der Waals surface area contributed by atoms with Crippen molar-refractivity contribution in [3.63, 3.8) is 0 Å². The highest BCUT2D eigenvalue weighted by atomic mass is 32.9. The average molecular weight is 419 g/mol.